The summed E-state index contributed by atoms with van der Waals surface area (Å²) in [5, 5.41) is 0. The topological polar surface area (TPSA) is 6.48 Å². The number of benzene rings is 9. The lowest BCUT2D eigenvalue weighted by molar-refractivity contribution is 0.618. The molecule has 0 unspecified atom stereocenters. The van der Waals surface area contributed by atoms with E-state index in [9.17, 15) is 8.78 Å². The molecule has 0 amide bonds. The van der Waals surface area contributed by atoms with Gasteiger partial charge in [-0.25, -0.2) is 8.78 Å². The minimum absolute atomic E-state index is 0.238. The SMILES string of the molecule is Cc1ccc(N(c2ccc(-c3ccccc3)cc2)c2ccc(-c3ccc(-c4ccc(N(c5ccc(-c6ccccc6)cc5)c5ccc(C)c(F)c5)cc4)cc3)cc2)cc1F. The summed E-state index contributed by atoms with van der Waals surface area (Å²) < 4.78 is 29.9. The largest absolute Gasteiger partial charge is 0.310 e. The van der Waals surface area contributed by atoms with Gasteiger partial charge < -0.3 is 9.80 Å². The molecule has 60 heavy (non-hydrogen) atoms. The highest BCUT2D eigenvalue weighted by Crippen LogP contribution is 2.39. The van der Waals surface area contributed by atoms with Gasteiger partial charge in [0.1, 0.15) is 11.6 Å². The summed E-state index contributed by atoms with van der Waals surface area (Å²) in [6.07, 6.45) is 0. The van der Waals surface area contributed by atoms with Crippen LogP contribution in [0.4, 0.5) is 42.9 Å². The number of rotatable bonds is 10. The minimum Gasteiger partial charge on any atom is -0.310 e. The van der Waals surface area contributed by atoms with Crippen LogP contribution in [0.1, 0.15) is 11.1 Å². The Balaban J connectivity index is 0.967. The molecule has 290 valence electrons. The average Bonchev–Trinajstić information content (AvgIpc) is 3.30. The molecule has 0 aliphatic carbocycles. The first-order valence-electron chi connectivity index (χ1n) is 20.1. The van der Waals surface area contributed by atoms with E-state index in [1.54, 1.807) is 26.0 Å². The van der Waals surface area contributed by atoms with Crippen LogP contribution in [0.25, 0.3) is 44.5 Å². The Morgan fingerprint density at radius 1 is 0.250 bits per heavy atom. The van der Waals surface area contributed by atoms with E-state index >= 15 is 0 Å². The van der Waals surface area contributed by atoms with Gasteiger partial charge in [-0.1, -0.05) is 146 Å². The van der Waals surface area contributed by atoms with Gasteiger partial charge in [0.2, 0.25) is 0 Å². The number of anilines is 6. The molecule has 0 aliphatic heterocycles. The fourth-order valence-corrected chi connectivity index (χ4v) is 7.66. The molecule has 0 atom stereocenters. The number of nitrogens with zero attached hydrogens (tertiary/aromatic N) is 2. The molecule has 4 heteroatoms. The van der Waals surface area contributed by atoms with Crippen molar-refractivity contribution in [1.82, 2.24) is 0 Å². The van der Waals surface area contributed by atoms with Crippen LogP contribution < -0.4 is 9.80 Å². The van der Waals surface area contributed by atoms with Gasteiger partial charge >= 0.3 is 0 Å². The van der Waals surface area contributed by atoms with E-state index in [-0.39, 0.29) is 11.6 Å². The highest BCUT2D eigenvalue weighted by atomic mass is 19.1. The lowest BCUT2D eigenvalue weighted by atomic mass is 9.99. The van der Waals surface area contributed by atoms with Crippen LogP contribution in [0.2, 0.25) is 0 Å². The standard InChI is InChI=1S/C56H42F2N2/c1-39-13-27-53(37-55(39)57)59(49-29-19-45(20-30-49)41-9-5-3-6-10-41)51-33-23-47(24-34-51)43-15-17-44(18-16-43)48-25-35-52(36-26-48)60(54-28-14-40(2)56(58)38-54)50-31-21-46(22-32-50)42-11-7-4-8-12-42/h3-38H,1-2H3. The quantitative estimate of drug-likeness (QED) is 0.136. The van der Waals surface area contributed by atoms with Crippen molar-refractivity contribution in [2.45, 2.75) is 13.8 Å². The summed E-state index contributed by atoms with van der Waals surface area (Å²) in [5.74, 6) is -0.477. The highest BCUT2D eigenvalue weighted by Gasteiger charge is 2.17. The summed E-state index contributed by atoms with van der Waals surface area (Å²) in [6.45, 7) is 3.56. The molecule has 0 saturated heterocycles. The predicted molar refractivity (Wildman–Crippen MR) is 247 cm³/mol. The zero-order chi connectivity index (χ0) is 41.0. The smallest absolute Gasteiger partial charge is 0.128 e. The molecule has 0 aliphatic rings. The van der Waals surface area contributed by atoms with Crippen LogP contribution >= 0.6 is 0 Å². The molecule has 0 radical (unpaired) electrons. The van der Waals surface area contributed by atoms with Crippen molar-refractivity contribution >= 4 is 34.1 Å². The fourth-order valence-electron chi connectivity index (χ4n) is 7.66. The summed E-state index contributed by atoms with van der Waals surface area (Å²) in [7, 11) is 0. The molecule has 0 heterocycles. The molecule has 0 fully saturated rings. The third kappa shape index (κ3) is 7.96. The van der Waals surface area contributed by atoms with Crippen molar-refractivity contribution in [3.63, 3.8) is 0 Å². The van der Waals surface area contributed by atoms with E-state index in [2.05, 4.69) is 155 Å². The summed E-state index contributed by atoms with van der Waals surface area (Å²) in [6, 6.07) is 73.5. The average molecular weight is 781 g/mol. The maximum atomic E-state index is 14.9. The summed E-state index contributed by atoms with van der Waals surface area (Å²) in [4.78, 5) is 4.17. The molecule has 0 saturated carbocycles. The first-order valence-corrected chi connectivity index (χ1v) is 20.1. The maximum absolute atomic E-state index is 14.9. The first kappa shape index (κ1) is 38.0. The number of hydrogen-bond acceptors (Lipinski definition) is 2. The summed E-state index contributed by atoms with van der Waals surface area (Å²) in [5.41, 5.74) is 15.3. The van der Waals surface area contributed by atoms with Crippen LogP contribution in [0, 0.1) is 25.5 Å². The van der Waals surface area contributed by atoms with Gasteiger partial charge in [-0.05, 0) is 142 Å². The third-order valence-corrected chi connectivity index (χ3v) is 11.1. The Morgan fingerprint density at radius 2 is 0.467 bits per heavy atom. The van der Waals surface area contributed by atoms with E-state index in [0.29, 0.717) is 11.1 Å². The monoisotopic (exact) mass is 780 g/mol. The molecular weight excluding hydrogens is 739 g/mol. The fraction of sp³-hybridized carbons (Fsp3) is 0.0357. The predicted octanol–water partition coefficient (Wildman–Crippen LogP) is 16.2. The van der Waals surface area contributed by atoms with Gasteiger partial charge in [-0.2, -0.15) is 0 Å². The normalized spacial score (nSPS) is 11.0. The Labute approximate surface area is 350 Å². The first-order chi connectivity index (χ1) is 29.4. The van der Waals surface area contributed by atoms with Gasteiger partial charge in [-0.3, -0.25) is 0 Å². The molecule has 9 aromatic carbocycles. The van der Waals surface area contributed by atoms with Crippen LogP contribution in [-0.4, -0.2) is 0 Å². The molecule has 9 aromatic rings. The van der Waals surface area contributed by atoms with E-state index in [1.165, 1.54) is 0 Å². The lowest BCUT2D eigenvalue weighted by Gasteiger charge is -2.26. The van der Waals surface area contributed by atoms with Crippen LogP contribution in [-0.2, 0) is 0 Å². The molecule has 0 aromatic heterocycles. The van der Waals surface area contributed by atoms with Crippen LogP contribution in [0.15, 0.2) is 218 Å². The molecule has 0 spiro atoms. The Kier molecular flexibility index (Phi) is 10.6. The number of hydrogen-bond donors (Lipinski definition) is 0. The maximum Gasteiger partial charge on any atom is 0.128 e. The van der Waals surface area contributed by atoms with Crippen molar-refractivity contribution in [2.24, 2.45) is 0 Å². The van der Waals surface area contributed by atoms with E-state index in [4.69, 9.17) is 0 Å². The third-order valence-electron chi connectivity index (χ3n) is 11.1. The molecule has 0 N–H and O–H groups in total. The Morgan fingerprint density at radius 3 is 0.717 bits per heavy atom. The van der Waals surface area contributed by atoms with Gasteiger partial charge in [-0.15, -0.1) is 0 Å². The zero-order valence-electron chi connectivity index (χ0n) is 33.4. The second-order valence-corrected chi connectivity index (χ2v) is 15.0. The van der Waals surface area contributed by atoms with Gasteiger partial charge in [0, 0.05) is 34.1 Å². The molecule has 0 bridgehead atoms. The number of aryl methyl sites for hydroxylation is 2. The van der Waals surface area contributed by atoms with Crippen molar-refractivity contribution in [1.29, 1.82) is 0 Å². The van der Waals surface area contributed by atoms with Crippen molar-refractivity contribution in [3.05, 3.63) is 241 Å². The van der Waals surface area contributed by atoms with E-state index < -0.39 is 0 Å². The molecular formula is C56H42F2N2. The number of halogens is 2. The Bertz CT molecular complexity index is 2650. The highest BCUT2D eigenvalue weighted by molar-refractivity contribution is 5.82. The van der Waals surface area contributed by atoms with Crippen LogP contribution in [0.3, 0.4) is 0 Å². The van der Waals surface area contributed by atoms with Gasteiger partial charge in [0.25, 0.3) is 0 Å². The Hall–Kier alpha value is -7.56. The van der Waals surface area contributed by atoms with E-state index in [1.807, 2.05) is 60.7 Å². The van der Waals surface area contributed by atoms with Crippen molar-refractivity contribution in [3.8, 4) is 44.5 Å². The van der Waals surface area contributed by atoms with Crippen molar-refractivity contribution < 1.29 is 8.78 Å². The zero-order valence-corrected chi connectivity index (χ0v) is 33.4. The van der Waals surface area contributed by atoms with Gasteiger partial charge in [0.15, 0.2) is 0 Å². The molecule has 2 nitrogen and oxygen atoms in total. The lowest BCUT2D eigenvalue weighted by Crippen LogP contribution is -2.10. The second kappa shape index (κ2) is 16.7. The summed E-state index contributed by atoms with van der Waals surface area (Å²) >= 11 is 0. The molecule has 9 rings (SSSR count). The second-order valence-electron chi connectivity index (χ2n) is 15.0. The van der Waals surface area contributed by atoms with E-state index in [0.717, 1.165) is 78.6 Å². The minimum atomic E-state index is -0.238. The van der Waals surface area contributed by atoms with Crippen molar-refractivity contribution in [2.75, 3.05) is 9.80 Å². The van der Waals surface area contributed by atoms with Gasteiger partial charge in [0.05, 0.1) is 0 Å². The van der Waals surface area contributed by atoms with Crippen LogP contribution in [0.5, 0.6) is 0 Å².